The van der Waals surface area contributed by atoms with E-state index in [4.69, 9.17) is 16.3 Å². The van der Waals surface area contributed by atoms with Gasteiger partial charge in [-0.05, 0) is 6.07 Å². The summed E-state index contributed by atoms with van der Waals surface area (Å²) >= 11 is 5.85. The Bertz CT molecular complexity index is 801. The molecule has 0 saturated carbocycles. The Labute approximate surface area is 134 Å². The maximum Gasteiger partial charge on any atom is 0.358 e. The van der Waals surface area contributed by atoms with Gasteiger partial charge < -0.3 is 9.47 Å². The van der Waals surface area contributed by atoms with Gasteiger partial charge in [-0.3, -0.25) is 10.1 Å². The number of non-ortho nitro benzene ring substituents is 1. The highest BCUT2D eigenvalue weighted by Crippen LogP contribution is 2.24. The van der Waals surface area contributed by atoms with Crippen molar-refractivity contribution in [2.45, 2.75) is 0 Å². The number of methoxy groups -OCH3 is 1. The second-order valence-electron chi connectivity index (χ2n) is 4.29. The Morgan fingerprint density at radius 3 is 2.57 bits per heavy atom. The number of nitro groups is 1. The van der Waals surface area contributed by atoms with E-state index < -0.39 is 16.9 Å². The van der Waals surface area contributed by atoms with E-state index >= 15 is 0 Å². The van der Waals surface area contributed by atoms with Gasteiger partial charge in [0.05, 0.1) is 22.6 Å². The van der Waals surface area contributed by atoms with Crippen LogP contribution >= 0.6 is 11.6 Å². The van der Waals surface area contributed by atoms with E-state index in [1.54, 1.807) is 0 Å². The number of rotatable bonds is 4. The number of benzene rings is 1. The number of hydrogen-bond acceptors (Lipinski definition) is 7. The number of carbonyl (C=O) groups excluding carboxylic acids is 2. The molecule has 120 valence electrons. The number of esters is 2. The van der Waals surface area contributed by atoms with Gasteiger partial charge in [0.1, 0.15) is 0 Å². The third-order valence-electron chi connectivity index (χ3n) is 2.81. The topological polar surface area (TPSA) is 114 Å². The molecule has 0 spiro atoms. The van der Waals surface area contributed by atoms with Gasteiger partial charge in [-0.25, -0.2) is 14.3 Å². The quantitative estimate of drug-likeness (QED) is 0.475. The molecule has 1 heterocycles. The number of aryl methyl sites for hydroxylation is 1. The number of hydrogen-bond donors (Lipinski definition) is 0. The first-order valence-electron chi connectivity index (χ1n) is 6.12. The molecule has 23 heavy (non-hydrogen) atoms. The maximum absolute atomic E-state index is 12.1. The summed E-state index contributed by atoms with van der Waals surface area (Å²) in [4.78, 5) is 33.5. The molecule has 2 rings (SSSR count). The smallest absolute Gasteiger partial charge is 0.358 e. The van der Waals surface area contributed by atoms with Gasteiger partial charge in [0, 0.05) is 25.2 Å². The SMILES string of the molecule is COC(=O)c1cc(OC(=O)c2ccc([N+](=O)[O-])cc2Cl)n(C)n1. The summed E-state index contributed by atoms with van der Waals surface area (Å²) in [5.74, 6) is -1.54. The third-order valence-corrected chi connectivity index (χ3v) is 3.12. The van der Waals surface area contributed by atoms with Crippen LogP contribution in [-0.2, 0) is 11.8 Å². The maximum atomic E-state index is 12.1. The highest BCUT2D eigenvalue weighted by molar-refractivity contribution is 6.33. The van der Waals surface area contributed by atoms with E-state index in [1.165, 1.54) is 31.0 Å². The molecule has 0 aliphatic carbocycles. The fourth-order valence-electron chi connectivity index (χ4n) is 1.68. The van der Waals surface area contributed by atoms with Gasteiger partial charge >= 0.3 is 11.9 Å². The zero-order valence-electron chi connectivity index (χ0n) is 12.0. The Hall–Kier alpha value is -2.94. The van der Waals surface area contributed by atoms with Crippen molar-refractivity contribution in [1.29, 1.82) is 0 Å². The molecule has 2 aromatic rings. The second-order valence-corrected chi connectivity index (χ2v) is 4.70. The average Bonchev–Trinajstić information content (AvgIpc) is 2.87. The molecule has 0 saturated heterocycles. The van der Waals surface area contributed by atoms with Gasteiger partial charge in [-0.2, -0.15) is 5.10 Å². The highest BCUT2D eigenvalue weighted by atomic mass is 35.5. The molecule has 0 atom stereocenters. The highest BCUT2D eigenvalue weighted by Gasteiger charge is 2.20. The lowest BCUT2D eigenvalue weighted by Gasteiger charge is -2.05. The fraction of sp³-hybridized carbons (Fsp3) is 0.154. The van der Waals surface area contributed by atoms with Gasteiger partial charge in [-0.1, -0.05) is 11.6 Å². The summed E-state index contributed by atoms with van der Waals surface area (Å²) in [6, 6.07) is 4.58. The number of ether oxygens (including phenoxy) is 2. The van der Waals surface area contributed by atoms with Gasteiger partial charge in [0.2, 0.25) is 5.88 Å². The van der Waals surface area contributed by atoms with Crippen LogP contribution in [0.5, 0.6) is 5.88 Å². The summed E-state index contributed by atoms with van der Waals surface area (Å²) < 4.78 is 10.8. The zero-order valence-corrected chi connectivity index (χ0v) is 12.7. The number of nitrogens with zero attached hydrogens (tertiary/aromatic N) is 3. The summed E-state index contributed by atoms with van der Waals surface area (Å²) in [5, 5.41) is 14.3. The Morgan fingerprint density at radius 2 is 2.00 bits per heavy atom. The number of carbonyl (C=O) groups is 2. The summed E-state index contributed by atoms with van der Waals surface area (Å²) in [6.07, 6.45) is 0. The van der Waals surface area contributed by atoms with Crippen LogP contribution in [0.25, 0.3) is 0 Å². The monoisotopic (exact) mass is 339 g/mol. The summed E-state index contributed by atoms with van der Waals surface area (Å²) in [7, 11) is 2.66. The van der Waals surface area contributed by atoms with E-state index in [-0.39, 0.29) is 27.8 Å². The first-order chi connectivity index (χ1) is 10.8. The van der Waals surface area contributed by atoms with Gasteiger partial charge in [0.15, 0.2) is 5.69 Å². The minimum atomic E-state index is -0.843. The summed E-state index contributed by atoms with van der Waals surface area (Å²) in [5.41, 5.74) is -0.342. The Kier molecular flexibility index (Phi) is 4.60. The van der Waals surface area contributed by atoms with Crippen molar-refractivity contribution in [1.82, 2.24) is 9.78 Å². The van der Waals surface area contributed by atoms with Crippen molar-refractivity contribution < 1.29 is 24.0 Å². The lowest BCUT2D eigenvalue weighted by atomic mass is 10.2. The van der Waals surface area contributed by atoms with Gasteiger partial charge in [0.25, 0.3) is 5.69 Å². The Balaban J connectivity index is 2.24. The minimum Gasteiger partial charge on any atom is -0.464 e. The molecule has 1 aromatic carbocycles. The van der Waals surface area contributed by atoms with Crippen molar-refractivity contribution in [2.75, 3.05) is 7.11 Å². The molecule has 9 nitrogen and oxygen atoms in total. The molecular formula is C13H10ClN3O6. The van der Waals surface area contributed by atoms with Crippen LogP contribution < -0.4 is 4.74 Å². The largest absolute Gasteiger partial charge is 0.464 e. The molecule has 10 heteroatoms. The van der Waals surface area contributed by atoms with E-state index in [1.807, 2.05) is 0 Å². The molecule has 0 N–H and O–H groups in total. The van der Waals surface area contributed by atoms with Crippen molar-refractivity contribution in [3.63, 3.8) is 0 Å². The molecule has 0 amide bonds. The number of aromatic nitrogens is 2. The van der Waals surface area contributed by atoms with E-state index in [9.17, 15) is 19.7 Å². The molecule has 0 radical (unpaired) electrons. The fourth-order valence-corrected chi connectivity index (χ4v) is 1.93. The van der Waals surface area contributed by atoms with Crippen LogP contribution in [0, 0.1) is 10.1 Å². The lowest BCUT2D eigenvalue weighted by molar-refractivity contribution is -0.384. The Morgan fingerprint density at radius 1 is 1.30 bits per heavy atom. The molecule has 1 aromatic heterocycles. The average molecular weight is 340 g/mol. The zero-order chi connectivity index (χ0) is 17.1. The predicted molar refractivity (Wildman–Crippen MR) is 77.6 cm³/mol. The minimum absolute atomic E-state index is 0.00943. The van der Waals surface area contributed by atoms with Crippen molar-refractivity contribution in [3.8, 4) is 5.88 Å². The van der Waals surface area contributed by atoms with Gasteiger partial charge in [-0.15, -0.1) is 0 Å². The number of nitro benzene ring substituents is 1. The molecular weight excluding hydrogens is 330 g/mol. The molecule has 0 aliphatic rings. The first kappa shape index (κ1) is 16.4. The van der Waals surface area contributed by atoms with Crippen molar-refractivity contribution >= 4 is 29.2 Å². The van der Waals surface area contributed by atoms with Crippen LogP contribution in [0.15, 0.2) is 24.3 Å². The van der Waals surface area contributed by atoms with Crippen LogP contribution in [0.4, 0.5) is 5.69 Å². The van der Waals surface area contributed by atoms with Crippen LogP contribution in [-0.4, -0.2) is 33.8 Å². The first-order valence-corrected chi connectivity index (χ1v) is 6.49. The van der Waals surface area contributed by atoms with E-state index in [2.05, 4.69) is 9.84 Å². The van der Waals surface area contributed by atoms with Crippen molar-refractivity contribution in [3.05, 3.63) is 50.7 Å². The van der Waals surface area contributed by atoms with Crippen LogP contribution in [0.1, 0.15) is 20.8 Å². The van der Waals surface area contributed by atoms with E-state index in [0.29, 0.717) is 0 Å². The van der Waals surface area contributed by atoms with Crippen molar-refractivity contribution in [2.24, 2.45) is 7.05 Å². The summed E-state index contributed by atoms with van der Waals surface area (Å²) in [6.45, 7) is 0. The standard InChI is InChI=1S/C13H10ClN3O6/c1-16-11(6-10(15-16)13(19)22-2)23-12(18)8-4-3-7(17(20)21)5-9(8)14/h3-6H,1-2H3. The predicted octanol–water partition coefficient (Wildman–Crippen LogP) is 1.99. The van der Waals surface area contributed by atoms with Crippen LogP contribution in [0.2, 0.25) is 5.02 Å². The van der Waals surface area contributed by atoms with Crippen LogP contribution in [0.3, 0.4) is 0 Å². The van der Waals surface area contributed by atoms with E-state index in [0.717, 1.165) is 12.1 Å². The lowest BCUT2D eigenvalue weighted by Crippen LogP contribution is -2.11. The molecule has 0 fully saturated rings. The molecule has 0 bridgehead atoms. The molecule has 0 unspecified atom stereocenters. The molecule has 0 aliphatic heterocycles. The third kappa shape index (κ3) is 3.46. The number of halogens is 1. The normalized spacial score (nSPS) is 10.2. The second kappa shape index (κ2) is 6.44.